The van der Waals surface area contributed by atoms with Crippen LogP contribution >= 0.6 is 0 Å². The lowest BCUT2D eigenvalue weighted by molar-refractivity contribution is -0.120. The topological polar surface area (TPSA) is 122 Å². The van der Waals surface area contributed by atoms with Crippen molar-refractivity contribution < 1.29 is 9.59 Å². The van der Waals surface area contributed by atoms with Gasteiger partial charge in [0.15, 0.2) is 5.69 Å². The van der Waals surface area contributed by atoms with Gasteiger partial charge in [-0.2, -0.15) is 0 Å². The summed E-state index contributed by atoms with van der Waals surface area (Å²) < 4.78 is 0. The van der Waals surface area contributed by atoms with Crippen molar-refractivity contribution in [3.8, 4) is 0 Å². The summed E-state index contributed by atoms with van der Waals surface area (Å²) in [5, 5.41) is 5.30. The monoisotopic (exact) mass is 294 g/mol. The lowest BCUT2D eigenvalue weighted by Gasteiger charge is -2.11. The summed E-state index contributed by atoms with van der Waals surface area (Å²) in [5.41, 5.74) is 2.91. The van der Waals surface area contributed by atoms with Crippen LogP contribution in [-0.4, -0.2) is 34.9 Å². The maximum Gasteiger partial charge on any atom is 0.272 e. The Morgan fingerprint density at radius 2 is 2.05 bits per heavy atom. The largest absolute Gasteiger partial charge is 0.356 e. The van der Waals surface area contributed by atoms with Gasteiger partial charge in [-0.1, -0.05) is 13.8 Å². The molecule has 1 aromatic heterocycles. The number of carbonyl (C=O) groups is 2. The van der Waals surface area contributed by atoms with Gasteiger partial charge < -0.3 is 16.1 Å². The Morgan fingerprint density at radius 3 is 2.62 bits per heavy atom. The van der Waals surface area contributed by atoms with Crippen LogP contribution in [0.3, 0.4) is 0 Å². The van der Waals surface area contributed by atoms with E-state index in [0.717, 1.165) is 0 Å². The van der Waals surface area contributed by atoms with E-state index >= 15 is 0 Å². The molecule has 0 atom stereocenters. The number of rotatable bonds is 7. The fourth-order valence-electron chi connectivity index (χ4n) is 1.61. The molecule has 0 aromatic carbocycles. The molecule has 1 heterocycles. The Morgan fingerprint density at radius 1 is 1.33 bits per heavy atom. The Bertz CT molecular complexity index is 503. The van der Waals surface area contributed by atoms with E-state index in [-0.39, 0.29) is 30.5 Å². The van der Waals surface area contributed by atoms with Gasteiger partial charge in [0.2, 0.25) is 5.91 Å². The van der Waals surface area contributed by atoms with Crippen LogP contribution < -0.4 is 21.9 Å². The summed E-state index contributed by atoms with van der Waals surface area (Å²) in [4.78, 5) is 31.8. The van der Waals surface area contributed by atoms with Crippen LogP contribution in [0, 0.1) is 0 Å². The molecule has 1 rings (SSSR count). The van der Waals surface area contributed by atoms with E-state index in [1.54, 1.807) is 0 Å². The summed E-state index contributed by atoms with van der Waals surface area (Å²) in [6.07, 6.45) is 1.69. The average molecular weight is 294 g/mol. The Hall–Kier alpha value is -2.22. The van der Waals surface area contributed by atoms with Crippen LogP contribution in [0.1, 0.15) is 49.4 Å². The maximum atomic E-state index is 12.1. The minimum Gasteiger partial charge on any atom is -0.356 e. The van der Waals surface area contributed by atoms with Gasteiger partial charge in [0.05, 0.1) is 11.9 Å². The summed E-state index contributed by atoms with van der Waals surface area (Å²) >= 11 is 0. The molecule has 0 aliphatic heterocycles. The number of anilines is 1. The number of carbonyl (C=O) groups excluding carboxylic acids is 2. The van der Waals surface area contributed by atoms with Crippen molar-refractivity contribution in [3.63, 3.8) is 0 Å². The fraction of sp³-hybridized carbons (Fsp3) is 0.538. The molecule has 0 fully saturated rings. The predicted octanol–water partition coefficient (Wildman–Crippen LogP) is 0.142. The van der Waals surface area contributed by atoms with Crippen LogP contribution in [0.2, 0.25) is 0 Å². The number of nitrogens with two attached hydrogens (primary N) is 1. The van der Waals surface area contributed by atoms with E-state index in [1.807, 2.05) is 20.8 Å². The van der Waals surface area contributed by atoms with Crippen molar-refractivity contribution in [3.05, 3.63) is 17.7 Å². The number of nitrogens with zero attached hydrogens (tertiary/aromatic N) is 2. The first-order valence-electron chi connectivity index (χ1n) is 6.88. The molecular weight excluding hydrogens is 272 g/mol. The number of aromatic nitrogens is 2. The normalized spacial score (nSPS) is 10.3. The van der Waals surface area contributed by atoms with E-state index in [2.05, 4.69) is 26.0 Å². The molecule has 0 aliphatic carbocycles. The highest BCUT2D eigenvalue weighted by Gasteiger charge is 2.16. The molecule has 1 aromatic rings. The van der Waals surface area contributed by atoms with Crippen LogP contribution in [0.5, 0.6) is 0 Å². The summed E-state index contributed by atoms with van der Waals surface area (Å²) in [6, 6.07) is 0. The van der Waals surface area contributed by atoms with Crippen LogP contribution in [-0.2, 0) is 4.79 Å². The zero-order valence-electron chi connectivity index (χ0n) is 12.6. The average Bonchev–Trinajstić information content (AvgIpc) is 2.46. The number of hydrazine groups is 1. The van der Waals surface area contributed by atoms with E-state index in [1.165, 1.54) is 6.20 Å². The maximum absolute atomic E-state index is 12.1. The third-order valence-electron chi connectivity index (χ3n) is 2.71. The van der Waals surface area contributed by atoms with Crippen molar-refractivity contribution in [1.29, 1.82) is 0 Å². The van der Waals surface area contributed by atoms with Crippen molar-refractivity contribution >= 4 is 17.5 Å². The van der Waals surface area contributed by atoms with Crippen molar-refractivity contribution in [2.45, 2.75) is 33.1 Å². The van der Waals surface area contributed by atoms with E-state index in [0.29, 0.717) is 18.1 Å². The second-order valence-electron chi connectivity index (χ2n) is 4.75. The lowest BCUT2D eigenvalue weighted by atomic mass is 10.2. The zero-order valence-corrected chi connectivity index (χ0v) is 12.6. The van der Waals surface area contributed by atoms with Crippen molar-refractivity contribution in [2.75, 3.05) is 18.5 Å². The van der Waals surface area contributed by atoms with Gasteiger partial charge in [-0.05, 0) is 6.92 Å². The lowest BCUT2D eigenvalue weighted by Crippen LogP contribution is -2.32. The molecule has 2 amide bonds. The number of hydrogen-bond acceptors (Lipinski definition) is 6. The number of hydrogen-bond donors (Lipinski definition) is 4. The quantitative estimate of drug-likeness (QED) is 0.419. The third kappa shape index (κ3) is 4.99. The highest BCUT2D eigenvalue weighted by Crippen LogP contribution is 2.15. The molecule has 0 saturated heterocycles. The molecule has 5 N–H and O–H groups in total. The molecule has 8 heteroatoms. The van der Waals surface area contributed by atoms with Crippen LogP contribution in [0.15, 0.2) is 6.20 Å². The van der Waals surface area contributed by atoms with Gasteiger partial charge in [0, 0.05) is 25.4 Å². The molecule has 0 aliphatic rings. The molecule has 0 saturated carbocycles. The van der Waals surface area contributed by atoms with Gasteiger partial charge in [-0.3, -0.25) is 15.4 Å². The minimum absolute atomic E-state index is 0.0960. The molecule has 116 valence electrons. The number of amides is 2. The van der Waals surface area contributed by atoms with Crippen molar-refractivity contribution in [1.82, 2.24) is 20.6 Å². The third-order valence-corrected chi connectivity index (χ3v) is 2.71. The molecule has 0 radical (unpaired) electrons. The van der Waals surface area contributed by atoms with E-state index in [4.69, 9.17) is 5.84 Å². The number of nitrogen functional groups attached to an aromatic ring is 1. The molecule has 21 heavy (non-hydrogen) atoms. The zero-order chi connectivity index (χ0) is 15.8. The van der Waals surface area contributed by atoms with Crippen molar-refractivity contribution in [2.24, 2.45) is 5.84 Å². The van der Waals surface area contributed by atoms with Gasteiger partial charge in [-0.15, -0.1) is 0 Å². The Kier molecular flexibility index (Phi) is 6.54. The molecular formula is C13H22N6O2. The van der Waals surface area contributed by atoms with Crippen LogP contribution in [0.25, 0.3) is 0 Å². The molecule has 0 unspecified atom stereocenters. The SMILES string of the molecule is CCNC(=O)CCNC(=O)c1nc(C(C)C)ncc1NN. The molecule has 0 spiro atoms. The Balaban J connectivity index is 2.72. The van der Waals surface area contributed by atoms with Gasteiger partial charge in [0.1, 0.15) is 5.82 Å². The second-order valence-corrected chi connectivity index (χ2v) is 4.75. The highest BCUT2D eigenvalue weighted by atomic mass is 16.2. The first kappa shape index (κ1) is 16.8. The molecule has 8 nitrogen and oxygen atoms in total. The van der Waals surface area contributed by atoms with E-state index in [9.17, 15) is 9.59 Å². The standard InChI is InChI=1S/C13H22N6O2/c1-4-15-10(20)5-6-16-13(21)11-9(19-14)7-17-12(18-11)8(2)3/h7-8,19H,4-6,14H2,1-3H3,(H,15,20)(H,16,21). The van der Waals surface area contributed by atoms with E-state index < -0.39 is 5.91 Å². The predicted molar refractivity (Wildman–Crippen MR) is 79.6 cm³/mol. The van der Waals surface area contributed by atoms with Gasteiger partial charge in [0.25, 0.3) is 5.91 Å². The van der Waals surface area contributed by atoms with Gasteiger partial charge in [-0.25, -0.2) is 9.97 Å². The Labute approximate surface area is 123 Å². The smallest absolute Gasteiger partial charge is 0.272 e. The fourth-order valence-corrected chi connectivity index (χ4v) is 1.61. The minimum atomic E-state index is -0.392. The highest BCUT2D eigenvalue weighted by molar-refractivity contribution is 5.97. The first-order valence-corrected chi connectivity index (χ1v) is 6.88. The first-order chi connectivity index (χ1) is 9.99. The second kappa shape index (κ2) is 8.15. The summed E-state index contributed by atoms with van der Waals surface area (Å²) in [6.45, 7) is 6.50. The summed E-state index contributed by atoms with van der Waals surface area (Å²) in [7, 11) is 0. The van der Waals surface area contributed by atoms with Crippen LogP contribution in [0.4, 0.5) is 5.69 Å². The molecule has 0 bridgehead atoms. The number of nitrogens with one attached hydrogen (secondary N) is 3. The van der Waals surface area contributed by atoms with Gasteiger partial charge >= 0.3 is 0 Å². The summed E-state index contributed by atoms with van der Waals surface area (Å²) in [5.74, 6) is 5.51.